The summed E-state index contributed by atoms with van der Waals surface area (Å²) >= 11 is 0. The molecule has 8 heteroatoms. The zero-order valence-electron chi connectivity index (χ0n) is 15.8. The molecule has 0 aliphatic heterocycles. The Morgan fingerprint density at radius 2 is 1.53 bits per heavy atom. The molecule has 1 aliphatic rings. The average Bonchev–Trinajstić information content (AvgIpc) is 3.06. The number of hydrogen-bond acceptors (Lipinski definition) is 5. The van der Waals surface area contributed by atoms with Crippen molar-refractivity contribution in [1.82, 2.24) is 0 Å². The highest BCUT2D eigenvalue weighted by Crippen LogP contribution is 2.44. The summed E-state index contributed by atoms with van der Waals surface area (Å²) in [6, 6.07) is 19.5. The van der Waals surface area contributed by atoms with E-state index in [-0.39, 0.29) is 29.2 Å². The number of benzene rings is 3. The molecule has 4 N–H and O–H groups in total. The van der Waals surface area contributed by atoms with E-state index in [1.807, 2.05) is 48.5 Å². The highest BCUT2D eigenvalue weighted by atomic mass is 16.5. The number of ether oxygens (including phenoxy) is 1. The minimum absolute atomic E-state index is 0.0520. The van der Waals surface area contributed by atoms with Gasteiger partial charge in [-0.25, -0.2) is 9.59 Å². The lowest BCUT2D eigenvalue weighted by molar-refractivity contribution is 0.0697. The molecule has 0 saturated heterocycles. The van der Waals surface area contributed by atoms with Gasteiger partial charge in [-0.05, 0) is 45.9 Å². The fourth-order valence-electron chi connectivity index (χ4n) is 3.75. The lowest BCUT2D eigenvalue weighted by Crippen LogP contribution is -2.31. The molecule has 0 atom stereocenters. The number of nitrogens with one attached hydrogen (secondary N) is 1. The van der Waals surface area contributed by atoms with Crippen LogP contribution in [0.4, 0.5) is 10.5 Å². The number of rotatable bonds is 5. The highest BCUT2D eigenvalue weighted by molar-refractivity contribution is 6.58. The third-order valence-electron chi connectivity index (χ3n) is 5.09. The van der Waals surface area contributed by atoms with Gasteiger partial charge in [0.1, 0.15) is 6.61 Å². The molecule has 1 aliphatic carbocycles. The first-order valence-electron chi connectivity index (χ1n) is 9.30. The van der Waals surface area contributed by atoms with Gasteiger partial charge >= 0.3 is 19.2 Å². The fourth-order valence-corrected chi connectivity index (χ4v) is 3.75. The van der Waals surface area contributed by atoms with Crippen molar-refractivity contribution < 1.29 is 29.5 Å². The number of aromatic carboxylic acids is 1. The number of amides is 1. The zero-order valence-corrected chi connectivity index (χ0v) is 15.8. The number of carboxylic acids is 1. The maximum Gasteiger partial charge on any atom is 0.488 e. The van der Waals surface area contributed by atoms with Crippen LogP contribution in [0.3, 0.4) is 0 Å². The lowest BCUT2D eigenvalue weighted by atomic mass is 9.79. The molecular weight excluding hydrogens is 385 g/mol. The van der Waals surface area contributed by atoms with Crippen molar-refractivity contribution in [2.75, 3.05) is 11.9 Å². The first kappa shape index (κ1) is 19.7. The molecule has 1 amide bonds. The van der Waals surface area contributed by atoms with E-state index in [1.54, 1.807) is 0 Å². The van der Waals surface area contributed by atoms with Crippen LogP contribution in [0, 0.1) is 0 Å². The molecule has 3 aromatic rings. The summed E-state index contributed by atoms with van der Waals surface area (Å²) in [6.45, 7) is 0.105. The molecule has 0 saturated carbocycles. The predicted molar refractivity (Wildman–Crippen MR) is 112 cm³/mol. The second-order valence-electron chi connectivity index (χ2n) is 6.97. The zero-order chi connectivity index (χ0) is 21.3. The maximum absolute atomic E-state index is 12.3. The van der Waals surface area contributed by atoms with Gasteiger partial charge in [-0.1, -0.05) is 48.5 Å². The van der Waals surface area contributed by atoms with E-state index in [9.17, 15) is 24.7 Å². The minimum Gasteiger partial charge on any atom is -0.478 e. The van der Waals surface area contributed by atoms with Gasteiger partial charge < -0.3 is 19.9 Å². The fraction of sp³-hybridized carbons (Fsp3) is 0.0909. The van der Waals surface area contributed by atoms with Crippen molar-refractivity contribution in [2.24, 2.45) is 0 Å². The summed E-state index contributed by atoms with van der Waals surface area (Å²) in [7, 11) is -1.87. The van der Waals surface area contributed by atoms with E-state index in [2.05, 4.69) is 5.32 Å². The maximum atomic E-state index is 12.3. The number of fused-ring (bicyclic) bond motifs is 3. The third kappa shape index (κ3) is 3.78. The molecule has 0 heterocycles. The summed E-state index contributed by atoms with van der Waals surface area (Å²) in [5.41, 5.74) is 4.22. The van der Waals surface area contributed by atoms with Crippen molar-refractivity contribution in [3.05, 3.63) is 83.4 Å². The summed E-state index contributed by atoms with van der Waals surface area (Å²) in [5.74, 6) is -1.36. The van der Waals surface area contributed by atoms with Crippen LogP contribution in [0.2, 0.25) is 0 Å². The molecule has 4 rings (SSSR count). The summed E-state index contributed by atoms with van der Waals surface area (Å²) in [6.07, 6.45) is -0.766. The van der Waals surface area contributed by atoms with Gasteiger partial charge in [0.25, 0.3) is 0 Å². The molecule has 3 aromatic carbocycles. The largest absolute Gasteiger partial charge is 0.488 e. The third-order valence-corrected chi connectivity index (χ3v) is 5.09. The Morgan fingerprint density at radius 1 is 0.933 bits per heavy atom. The van der Waals surface area contributed by atoms with Gasteiger partial charge in [0.05, 0.1) is 5.56 Å². The Labute approximate surface area is 172 Å². The Balaban J connectivity index is 1.50. The lowest BCUT2D eigenvalue weighted by Gasteiger charge is -2.15. The molecule has 0 spiro atoms. The molecule has 150 valence electrons. The van der Waals surface area contributed by atoms with Crippen LogP contribution in [0.15, 0.2) is 66.7 Å². The van der Waals surface area contributed by atoms with Gasteiger partial charge in [-0.2, -0.15) is 0 Å². The van der Waals surface area contributed by atoms with Crippen molar-refractivity contribution in [3.8, 4) is 11.1 Å². The van der Waals surface area contributed by atoms with Gasteiger partial charge in [-0.15, -0.1) is 0 Å². The number of hydrogen-bond donors (Lipinski definition) is 4. The Hall–Kier alpha value is -3.62. The standard InChI is InChI=1S/C22H18BNO6/c25-21(26)13-9-14(23(28)29)11-15(10-13)24-22(27)30-12-20-18-7-3-1-5-16(18)17-6-2-4-8-19(17)20/h1-11,20,28-29H,12H2,(H,24,27)(H,25,26). The first-order valence-corrected chi connectivity index (χ1v) is 9.30. The molecule has 30 heavy (non-hydrogen) atoms. The van der Waals surface area contributed by atoms with E-state index < -0.39 is 19.2 Å². The molecule has 0 bridgehead atoms. The number of carboxylic acid groups (broad SMARTS) is 1. The summed E-state index contributed by atoms with van der Waals surface area (Å²) in [4.78, 5) is 23.6. The number of carbonyl (C=O) groups is 2. The predicted octanol–water partition coefficient (Wildman–Crippen LogP) is 2.43. The van der Waals surface area contributed by atoms with Crippen LogP contribution in [-0.2, 0) is 4.74 Å². The van der Waals surface area contributed by atoms with Crippen LogP contribution in [0.5, 0.6) is 0 Å². The number of carbonyl (C=O) groups excluding carboxylic acids is 1. The van der Waals surface area contributed by atoms with Gasteiger partial charge in [0.2, 0.25) is 0 Å². The summed E-state index contributed by atoms with van der Waals surface area (Å²) < 4.78 is 5.42. The molecule has 0 aromatic heterocycles. The highest BCUT2D eigenvalue weighted by Gasteiger charge is 2.29. The minimum atomic E-state index is -1.87. The molecular formula is C22H18BNO6. The smallest absolute Gasteiger partial charge is 0.478 e. The molecule has 0 radical (unpaired) electrons. The molecule has 0 unspecified atom stereocenters. The van der Waals surface area contributed by atoms with Crippen LogP contribution < -0.4 is 10.8 Å². The Morgan fingerprint density at radius 3 is 2.10 bits per heavy atom. The average molecular weight is 403 g/mol. The monoisotopic (exact) mass is 403 g/mol. The van der Waals surface area contributed by atoms with E-state index >= 15 is 0 Å². The van der Waals surface area contributed by atoms with E-state index in [4.69, 9.17) is 4.74 Å². The van der Waals surface area contributed by atoms with Crippen LogP contribution in [0.25, 0.3) is 11.1 Å². The first-order chi connectivity index (χ1) is 14.4. The molecule has 0 fully saturated rings. The van der Waals surface area contributed by atoms with Crippen molar-refractivity contribution in [1.29, 1.82) is 0 Å². The van der Waals surface area contributed by atoms with E-state index in [0.29, 0.717) is 0 Å². The van der Waals surface area contributed by atoms with Crippen molar-refractivity contribution >= 4 is 30.3 Å². The normalized spacial score (nSPS) is 12.1. The van der Waals surface area contributed by atoms with Crippen molar-refractivity contribution in [2.45, 2.75) is 5.92 Å². The Kier molecular flexibility index (Phi) is 5.26. The van der Waals surface area contributed by atoms with E-state index in [0.717, 1.165) is 28.3 Å². The number of anilines is 1. The van der Waals surface area contributed by atoms with Gasteiger partial charge in [0, 0.05) is 11.6 Å². The second kappa shape index (κ2) is 8.02. The van der Waals surface area contributed by atoms with Crippen LogP contribution in [-0.4, -0.2) is 40.9 Å². The topological polar surface area (TPSA) is 116 Å². The van der Waals surface area contributed by atoms with Gasteiger partial charge in [0.15, 0.2) is 0 Å². The van der Waals surface area contributed by atoms with Crippen LogP contribution in [0.1, 0.15) is 27.4 Å². The second-order valence-corrected chi connectivity index (χ2v) is 6.97. The van der Waals surface area contributed by atoms with Gasteiger partial charge in [-0.3, -0.25) is 5.32 Å². The SMILES string of the molecule is O=C(Nc1cc(B(O)O)cc(C(=O)O)c1)OCC1c2ccccc2-c2ccccc21. The quantitative estimate of drug-likeness (QED) is 0.487. The van der Waals surface area contributed by atoms with Crippen molar-refractivity contribution in [3.63, 3.8) is 0 Å². The van der Waals surface area contributed by atoms with Crippen LogP contribution >= 0.6 is 0 Å². The molecule has 7 nitrogen and oxygen atoms in total. The summed E-state index contributed by atoms with van der Waals surface area (Å²) in [5, 5.41) is 30.3. The Bertz CT molecular complexity index is 1080. The van der Waals surface area contributed by atoms with E-state index in [1.165, 1.54) is 12.1 Å².